The Morgan fingerprint density at radius 3 is 2.69 bits per heavy atom. The lowest BCUT2D eigenvalue weighted by molar-refractivity contribution is -0.149. The van der Waals surface area contributed by atoms with Crippen LogP contribution in [0.15, 0.2) is 24.3 Å². The molecule has 0 saturated carbocycles. The molecule has 1 fully saturated rings. The SMILES string of the molecule is COC(=O)c1cccc(C2(C)OCCO2)c1. The average Bonchev–Trinajstić information content (AvgIpc) is 2.77. The minimum Gasteiger partial charge on any atom is -0.465 e. The van der Waals surface area contributed by atoms with Crippen LogP contribution in [0.2, 0.25) is 0 Å². The molecule has 0 amide bonds. The van der Waals surface area contributed by atoms with Gasteiger partial charge in [-0.25, -0.2) is 4.79 Å². The first-order valence-electron chi connectivity index (χ1n) is 5.12. The van der Waals surface area contributed by atoms with Gasteiger partial charge in [-0.3, -0.25) is 0 Å². The van der Waals surface area contributed by atoms with Crippen LogP contribution in [0.3, 0.4) is 0 Å². The van der Waals surface area contributed by atoms with E-state index in [4.69, 9.17) is 9.47 Å². The molecule has 0 radical (unpaired) electrons. The molecule has 0 aliphatic carbocycles. The second-order valence-electron chi connectivity index (χ2n) is 3.72. The van der Waals surface area contributed by atoms with Crippen LogP contribution in [0.1, 0.15) is 22.8 Å². The van der Waals surface area contributed by atoms with Crippen molar-refractivity contribution in [2.75, 3.05) is 20.3 Å². The first-order chi connectivity index (χ1) is 7.65. The Bertz CT molecular complexity index is 394. The van der Waals surface area contributed by atoms with E-state index in [1.807, 2.05) is 13.0 Å². The molecule has 16 heavy (non-hydrogen) atoms. The zero-order chi connectivity index (χ0) is 11.6. The van der Waals surface area contributed by atoms with Crippen LogP contribution < -0.4 is 0 Å². The Morgan fingerprint density at radius 1 is 1.38 bits per heavy atom. The Hall–Kier alpha value is -1.39. The summed E-state index contributed by atoms with van der Waals surface area (Å²) in [6, 6.07) is 7.10. The number of benzene rings is 1. The number of rotatable bonds is 2. The van der Waals surface area contributed by atoms with Crippen molar-refractivity contribution in [3.63, 3.8) is 0 Å². The van der Waals surface area contributed by atoms with E-state index in [9.17, 15) is 4.79 Å². The molecule has 1 aromatic rings. The van der Waals surface area contributed by atoms with Gasteiger partial charge in [0.05, 0.1) is 25.9 Å². The van der Waals surface area contributed by atoms with Gasteiger partial charge in [-0.05, 0) is 19.1 Å². The first-order valence-corrected chi connectivity index (χ1v) is 5.12. The lowest BCUT2D eigenvalue weighted by atomic mass is 10.0. The number of hydrogen-bond acceptors (Lipinski definition) is 4. The predicted molar refractivity (Wildman–Crippen MR) is 57.0 cm³/mol. The highest BCUT2D eigenvalue weighted by Crippen LogP contribution is 2.31. The third-order valence-electron chi connectivity index (χ3n) is 2.65. The topological polar surface area (TPSA) is 44.8 Å². The van der Waals surface area contributed by atoms with Crippen molar-refractivity contribution < 1.29 is 19.0 Å². The van der Waals surface area contributed by atoms with E-state index in [2.05, 4.69) is 4.74 Å². The van der Waals surface area contributed by atoms with Crippen molar-refractivity contribution in [3.05, 3.63) is 35.4 Å². The number of carbonyl (C=O) groups is 1. The fraction of sp³-hybridized carbons (Fsp3) is 0.417. The molecule has 0 N–H and O–H groups in total. The fourth-order valence-electron chi connectivity index (χ4n) is 1.73. The van der Waals surface area contributed by atoms with Crippen molar-refractivity contribution in [1.82, 2.24) is 0 Å². The van der Waals surface area contributed by atoms with Gasteiger partial charge in [0.1, 0.15) is 0 Å². The van der Waals surface area contributed by atoms with Gasteiger partial charge in [-0.1, -0.05) is 12.1 Å². The Kier molecular flexibility index (Phi) is 2.94. The molecule has 1 aliphatic rings. The zero-order valence-electron chi connectivity index (χ0n) is 9.36. The maximum atomic E-state index is 11.4. The summed E-state index contributed by atoms with van der Waals surface area (Å²) in [7, 11) is 1.36. The van der Waals surface area contributed by atoms with Crippen molar-refractivity contribution in [2.24, 2.45) is 0 Å². The second-order valence-corrected chi connectivity index (χ2v) is 3.72. The standard InChI is InChI=1S/C12H14O4/c1-12(15-6-7-16-12)10-5-3-4-9(8-10)11(13)14-2/h3-5,8H,6-7H2,1-2H3. The number of carbonyl (C=O) groups excluding carboxylic acids is 1. The summed E-state index contributed by atoms with van der Waals surface area (Å²) in [6.07, 6.45) is 0. The molecular formula is C12H14O4. The van der Waals surface area contributed by atoms with Gasteiger partial charge in [-0.15, -0.1) is 0 Å². The minimum absolute atomic E-state index is 0.358. The molecule has 0 atom stereocenters. The summed E-state index contributed by atoms with van der Waals surface area (Å²) in [5.74, 6) is -1.10. The van der Waals surface area contributed by atoms with Crippen molar-refractivity contribution in [3.8, 4) is 0 Å². The number of methoxy groups -OCH3 is 1. The first kappa shape index (κ1) is 11.1. The molecule has 2 rings (SSSR count). The van der Waals surface area contributed by atoms with Crippen LogP contribution in [0.25, 0.3) is 0 Å². The van der Waals surface area contributed by atoms with Gasteiger partial charge >= 0.3 is 5.97 Å². The smallest absolute Gasteiger partial charge is 0.337 e. The molecule has 4 nitrogen and oxygen atoms in total. The molecule has 0 spiro atoms. The fourth-order valence-corrected chi connectivity index (χ4v) is 1.73. The van der Waals surface area contributed by atoms with E-state index in [-0.39, 0.29) is 5.97 Å². The van der Waals surface area contributed by atoms with E-state index in [0.717, 1.165) is 5.56 Å². The van der Waals surface area contributed by atoms with E-state index >= 15 is 0 Å². The molecule has 1 aromatic carbocycles. The van der Waals surface area contributed by atoms with Crippen LogP contribution in [0.4, 0.5) is 0 Å². The Labute approximate surface area is 94.1 Å². The summed E-state index contributed by atoms with van der Waals surface area (Å²) in [4.78, 5) is 11.4. The largest absolute Gasteiger partial charge is 0.465 e. The lowest BCUT2D eigenvalue weighted by Gasteiger charge is -2.22. The molecule has 1 saturated heterocycles. The molecule has 0 unspecified atom stereocenters. The summed E-state index contributed by atoms with van der Waals surface area (Å²) in [6.45, 7) is 2.98. The Balaban J connectivity index is 2.32. The average molecular weight is 222 g/mol. The molecule has 4 heteroatoms. The van der Waals surface area contributed by atoms with Gasteiger partial charge in [0.25, 0.3) is 0 Å². The Morgan fingerprint density at radius 2 is 2.06 bits per heavy atom. The molecule has 1 heterocycles. The molecule has 0 aromatic heterocycles. The van der Waals surface area contributed by atoms with Crippen LogP contribution in [0, 0.1) is 0 Å². The van der Waals surface area contributed by atoms with E-state index in [1.54, 1.807) is 18.2 Å². The zero-order valence-corrected chi connectivity index (χ0v) is 9.36. The van der Waals surface area contributed by atoms with Gasteiger partial charge in [-0.2, -0.15) is 0 Å². The predicted octanol–water partition coefficient (Wildman–Crippen LogP) is 1.69. The van der Waals surface area contributed by atoms with Crippen LogP contribution in [-0.4, -0.2) is 26.3 Å². The highest BCUT2D eigenvalue weighted by Gasteiger charge is 2.33. The third kappa shape index (κ3) is 1.94. The highest BCUT2D eigenvalue weighted by molar-refractivity contribution is 5.89. The van der Waals surface area contributed by atoms with E-state index in [1.165, 1.54) is 7.11 Å². The van der Waals surface area contributed by atoms with Crippen molar-refractivity contribution >= 4 is 5.97 Å². The molecule has 86 valence electrons. The normalized spacial score (nSPS) is 18.4. The van der Waals surface area contributed by atoms with Crippen LogP contribution >= 0.6 is 0 Å². The summed E-state index contributed by atoms with van der Waals surface area (Å²) in [5.41, 5.74) is 1.33. The van der Waals surface area contributed by atoms with Crippen molar-refractivity contribution in [1.29, 1.82) is 0 Å². The number of hydrogen-bond donors (Lipinski definition) is 0. The molecule has 0 bridgehead atoms. The maximum Gasteiger partial charge on any atom is 0.337 e. The quantitative estimate of drug-likeness (QED) is 0.714. The summed E-state index contributed by atoms with van der Waals surface area (Å²) >= 11 is 0. The summed E-state index contributed by atoms with van der Waals surface area (Å²) < 4.78 is 15.7. The van der Waals surface area contributed by atoms with Crippen molar-refractivity contribution in [2.45, 2.75) is 12.7 Å². The second kappa shape index (κ2) is 4.23. The van der Waals surface area contributed by atoms with Crippen LogP contribution in [0.5, 0.6) is 0 Å². The van der Waals surface area contributed by atoms with E-state index < -0.39 is 5.79 Å². The van der Waals surface area contributed by atoms with Gasteiger partial charge < -0.3 is 14.2 Å². The number of esters is 1. The minimum atomic E-state index is -0.746. The summed E-state index contributed by atoms with van der Waals surface area (Å²) in [5, 5.41) is 0. The highest BCUT2D eigenvalue weighted by atomic mass is 16.7. The van der Waals surface area contributed by atoms with E-state index in [0.29, 0.717) is 18.8 Å². The number of ether oxygens (including phenoxy) is 3. The molecular weight excluding hydrogens is 208 g/mol. The monoisotopic (exact) mass is 222 g/mol. The maximum absolute atomic E-state index is 11.4. The van der Waals surface area contributed by atoms with Gasteiger partial charge in [0.2, 0.25) is 0 Å². The molecule has 1 aliphatic heterocycles. The lowest BCUT2D eigenvalue weighted by Crippen LogP contribution is -2.22. The van der Waals surface area contributed by atoms with Gasteiger partial charge in [0.15, 0.2) is 5.79 Å². The third-order valence-corrected chi connectivity index (χ3v) is 2.65. The van der Waals surface area contributed by atoms with Gasteiger partial charge in [0, 0.05) is 5.56 Å². The van der Waals surface area contributed by atoms with Crippen LogP contribution in [-0.2, 0) is 20.0 Å².